The van der Waals surface area contributed by atoms with Gasteiger partial charge in [0.1, 0.15) is 17.6 Å². The molecule has 0 aliphatic carbocycles. The van der Waals surface area contributed by atoms with Gasteiger partial charge in [-0.1, -0.05) is 41.9 Å². The number of carbonyl (C=O) groups is 1. The first-order valence-corrected chi connectivity index (χ1v) is 11.2. The van der Waals surface area contributed by atoms with Gasteiger partial charge in [-0.25, -0.2) is 4.79 Å². The van der Waals surface area contributed by atoms with Gasteiger partial charge in [0.2, 0.25) is 0 Å². The number of ether oxygens (including phenoxy) is 2. The topological polar surface area (TPSA) is 109 Å². The van der Waals surface area contributed by atoms with Gasteiger partial charge < -0.3 is 19.4 Å². The first kappa shape index (κ1) is 26.6. The fourth-order valence-corrected chi connectivity index (χ4v) is 3.84. The molecule has 0 bridgehead atoms. The molecule has 4 rings (SSSR count). The third-order valence-electron chi connectivity index (χ3n) is 4.96. The fraction of sp³-hybridized carbons (Fsp3) is 0.0833. The van der Waals surface area contributed by atoms with Crippen molar-refractivity contribution in [1.29, 1.82) is 5.26 Å². The summed E-state index contributed by atoms with van der Waals surface area (Å²) < 4.78 is 48.0. The lowest BCUT2D eigenvalue weighted by Crippen LogP contribution is -2.42. The van der Waals surface area contributed by atoms with Crippen molar-refractivity contribution in [2.45, 2.75) is 12.9 Å². The summed E-state index contributed by atoms with van der Waals surface area (Å²) in [6, 6.07) is 11.5. The zero-order valence-electron chi connectivity index (χ0n) is 18.9. The predicted octanol–water partition coefficient (Wildman–Crippen LogP) is 5.82. The molecule has 0 unspecified atom stereocenters. The fourth-order valence-electron chi connectivity index (χ4n) is 3.28. The Kier molecular flexibility index (Phi) is 7.34. The standard InChI is InChI=1S/C24H14Cl2F3N5O4/c1-13-20(10-30)32-34(23(36)31-13)15-8-18(25)22(19(26)9-15)37-17-6-7-21(35)33(12-17)11-14-2-4-16(5-3-14)38-24(27,28)29/h2-9,12H,1,11H2,(H,31,36). The number of rotatable bonds is 6. The smallest absolute Gasteiger partial charge is 0.453 e. The van der Waals surface area contributed by atoms with Gasteiger partial charge in [0.25, 0.3) is 5.56 Å². The molecule has 0 saturated heterocycles. The molecule has 2 heterocycles. The van der Waals surface area contributed by atoms with Gasteiger partial charge in [-0.3, -0.25) is 4.79 Å². The highest BCUT2D eigenvalue weighted by atomic mass is 35.5. The van der Waals surface area contributed by atoms with Gasteiger partial charge >= 0.3 is 12.4 Å². The third kappa shape index (κ3) is 6.08. The van der Waals surface area contributed by atoms with E-state index in [-0.39, 0.29) is 50.9 Å². The zero-order valence-corrected chi connectivity index (χ0v) is 20.4. The SMILES string of the molecule is C=C1NC(=O)N(c2cc(Cl)c(Oc3ccc(=O)n(Cc4ccc(OC(F)(F)F)cc4)c3)c(Cl)c2)N=C1C#N. The lowest BCUT2D eigenvalue weighted by Gasteiger charge is -2.24. The van der Waals surface area contributed by atoms with Crippen LogP contribution in [0.25, 0.3) is 0 Å². The maximum Gasteiger partial charge on any atom is 0.573 e. The van der Waals surface area contributed by atoms with Gasteiger partial charge in [0.05, 0.1) is 34.2 Å². The van der Waals surface area contributed by atoms with Crippen LogP contribution in [-0.2, 0) is 6.54 Å². The average molecular weight is 564 g/mol. The van der Waals surface area contributed by atoms with Crippen LogP contribution in [0.2, 0.25) is 10.0 Å². The Morgan fingerprint density at radius 2 is 1.68 bits per heavy atom. The van der Waals surface area contributed by atoms with E-state index in [0.717, 1.165) is 17.1 Å². The molecule has 9 nitrogen and oxygen atoms in total. The highest BCUT2D eigenvalue weighted by Crippen LogP contribution is 2.40. The number of allylic oxidation sites excluding steroid dienone is 1. The van der Waals surface area contributed by atoms with Gasteiger partial charge in [0.15, 0.2) is 11.5 Å². The van der Waals surface area contributed by atoms with Crippen LogP contribution in [0.15, 0.2) is 76.9 Å². The second kappa shape index (κ2) is 10.5. The molecule has 0 radical (unpaired) electrons. The highest BCUT2D eigenvalue weighted by Gasteiger charge is 2.31. The summed E-state index contributed by atoms with van der Waals surface area (Å²) in [7, 11) is 0. The number of benzene rings is 2. The number of anilines is 1. The third-order valence-corrected chi connectivity index (χ3v) is 5.52. The van der Waals surface area contributed by atoms with E-state index in [0.29, 0.717) is 5.56 Å². The van der Waals surface area contributed by atoms with Crippen molar-refractivity contribution in [1.82, 2.24) is 9.88 Å². The number of hydrogen-bond donors (Lipinski definition) is 1. The Morgan fingerprint density at radius 1 is 1.05 bits per heavy atom. The first-order valence-electron chi connectivity index (χ1n) is 10.4. The second-order valence-electron chi connectivity index (χ2n) is 7.64. The van der Waals surface area contributed by atoms with Crippen LogP contribution in [0.4, 0.5) is 23.7 Å². The summed E-state index contributed by atoms with van der Waals surface area (Å²) in [5, 5.41) is 16.4. The number of alkyl halides is 3. The van der Waals surface area contributed by atoms with E-state index in [1.165, 1.54) is 47.2 Å². The summed E-state index contributed by atoms with van der Waals surface area (Å²) in [6.45, 7) is 3.57. The van der Waals surface area contributed by atoms with E-state index in [9.17, 15) is 22.8 Å². The number of carbonyl (C=O) groups excluding carboxylic acids is 1. The van der Waals surface area contributed by atoms with Gasteiger partial charge in [-0.05, 0) is 35.9 Å². The van der Waals surface area contributed by atoms with Crippen LogP contribution in [-0.4, -0.2) is 22.7 Å². The second-order valence-corrected chi connectivity index (χ2v) is 8.46. The van der Waals surface area contributed by atoms with Crippen LogP contribution in [0.5, 0.6) is 17.2 Å². The lowest BCUT2D eigenvalue weighted by atomic mass is 10.2. The maximum absolute atomic E-state index is 12.4. The van der Waals surface area contributed by atoms with Crippen LogP contribution in [0, 0.1) is 11.3 Å². The molecule has 0 saturated carbocycles. The minimum atomic E-state index is -4.81. The molecule has 1 N–H and O–H groups in total. The van der Waals surface area contributed by atoms with Gasteiger partial charge in [-0.15, -0.1) is 13.2 Å². The summed E-state index contributed by atoms with van der Waals surface area (Å²) >= 11 is 12.7. The largest absolute Gasteiger partial charge is 0.573 e. The maximum atomic E-state index is 12.4. The number of nitriles is 1. The Hall–Kier alpha value is -4.47. The van der Waals surface area contributed by atoms with Crippen molar-refractivity contribution >= 4 is 40.6 Å². The van der Waals surface area contributed by atoms with E-state index >= 15 is 0 Å². The molecule has 3 aromatic rings. The van der Waals surface area contributed by atoms with Crippen molar-refractivity contribution in [3.8, 4) is 23.3 Å². The van der Waals surface area contributed by atoms with Gasteiger partial charge in [-0.2, -0.15) is 15.4 Å². The quantitative estimate of drug-likeness (QED) is 0.406. The van der Waals surface area contributed by atoms with Crippen molar-refractivity contribution in [2.24, 2.45) is 5.10 Å². The number of halogens is 5. The number of urea groups is 1. The Labute approximate surface area is 222 Å². The molecular formula is C24H14Cl2F3N5O4. The summed E-state index contributed by atoms with van der Waals surface area (Å²) in [6.07, 6.45) is -3.44. The van der Waals surface area contributed by atoms with Crippen molar-refractivity contribution in [3.63, 3.8) is 0 Å². The molecule has 0 atom stereocenters. The zero-order chi connectivity index (χ0) is 27.6. The minimum Gasteiger partial charge on any atom is -0.453 e. The van der Waals surface area contributed by atoms with Crippen LogP contribution in [0.3, 0.4) is 0 Å². The average Bonchev–Trinajstić information content (AvgIpc) is 2.83. The van der Waals surface area contributed by atoms with Crippen LogP contribution >= 0.6 is 23.2 Å². The van der Waals surface area contributed by atoms with E-state index in [1.54, 1.807) is 0 Å². The summed E-state index contributed by atoms with van der Waals surface area (Å²) in [5.41, 5.74) is 0.213. The predicted molar refractivity (Wildman–Crippen MR) is 133 cm³/mol. The molecule has 2 amide bonds. The lowest BCUT2D eigenvalue weighted by molar-refractivity contribution is -0.274. The van der Waals surface area contributed by atoms with Crippen LogP contribution < -0.4 is 25.4 Å². The molecule has 0 fully saturated rings. The number of nitrogens with one attached hydrogen (secondary N) is 1. The molecule has 1 aliphatic rings. The number of amides is 2. The van der Waals surface area contributed by atoms with Crippen LogP contribution in [0.1, 0.15) is 5.56 Å². The Bertz CT molecular complexity index is 1540. The Balaban J connectivity index is 1.55. The molecule has 38 heavy (non-hydrogen) atoms. The van der Waals surface area contributed by atoms with Crippen molar-refractivity contribution in [3.05, 3.63) is 93.0 Å². The van der Waals surface area contributed by atoms with Gasteiger partial charge in [0, 0.05) is 6.07 Å². The number of hydrazone groups is 1. The summed E-state index contributed by atoms with van der Waals surface area (Å²) in [5.74, 6) is -0.197. The van der Waals surface area contributed by atoms with Crippen molar-refractivity contribution in [2.75, 3.05) is 5.01 Å². The molecule has 14 heteroatoms. The molecular weight excluding hydrogens is 550 g/mol. The number of nitrogens with zero attached hydrogens (tertiary/aromatic N) is 4. The Morgan fingerprint density at radius 3 is 2.29 bits per heavy atom. The minimum absolute atomic E-state index is 0.00332. The molecule has 194 valence electrons. The van der Waals surface area contributed by atoms with E-state index in [4.69, 9.17) is 33.2 Å². The van der Waals surface area contributed by atoms with E-state index in [1.807, 2.05) is 6.07 Å². The molecule has 2 aromatic carbocycles. The monoisotopic (exact) mass is 563 g/mol. The molecule has 0 spiro atoms. The first-order chi connectivity index (χ1) is 17.9. The summed E-state index contributed by atoms with van der Waals surface area (Å²) in [4.78, 5) is 24.6. The number of hydrogen-bond acceptors (Lipinski definition) is 6. The molecule has 1 aliphatic heterocycles. The number of pyridine rings is 1. The highest BCUT2D eigenvalue weighted by molar-refractivity contribution is 6.37. The van der Waals surface area contributed by atoms with E-state index in [2.05, 4.69) is 21.7 Å². The normalized spacial score (nSPS) is 13.5. The van der Waals surface area contributed by atoms with Crippen molar-refractivity contribution < 1.29 is 27.4 Å². The molecule has 1 aromatic heterocycles. The van der Waals surface area contributed by atoms with E-state index < -0.39 is 18.0 Å². The number of aromatic nitrogens is 1.